The summed E-state index contributed by atoms with van der Waals surface area (Å²) >= 11 is 0. The molecular weight excluding hydrogens is 514 g/mol. The number of hydrogen-bond donors (Lipinski definition) is 1. The first kappa shape index (κ1) is 29.4. The summed E-state index contributed by atoms with van der Waals surface area (Å²) in [5.41, 5.74) is 6.12. The molecular formula is C35H37NO5. The van der Waals surface area contributed by atoms with Gasteiger partial charge in [-0.2, -0.15) is 0 Å². The summed E-state index contributed by atoms with van der Waals surface area (Å²) < 4.78 is 11.5. The Labute approximate surface area is 242 Å². The molecule has 0 radical (unpaired) electrons. The number of oxime groups is 1. The third-order valence-electron chi connectivity index (χ3n) is 6.67. The number of benzene rings is 4. The maximum absolute atomic E-state index is 11.8. The van der Waals surface area contributed by atoms with Crippen LogP contribution in [-0.4, -0.2) is 36.1 Å². The van der Waals surface area contributed by atoms with Crippen LogP contribution in [0.1, 0.15) is 44.4 Å². The van der Waals surface area contributed by atoms with Crippen molar-refractivity contribution in [3.63, 3.8) is 0 Å². The predicted molar refractivity (Wildman–Crippen MR) is 163 cm³/mol. The molecule has 0 saturated heterocycles. The number of carboxylic acid groups (broad SMARTS) is 1. The summed E-state index contributed by atoms with van der Waals surface area (Å²) in [5, 5.41) is 13.9. The highest BCUT2D eigenvalue weighted by Crippen LogP contribution is 2.25. The molecule has 4 aromatic carbocycles. The largest absolute Gasteiger partial charge is 0.490 e. The van der Waals surface area contributed by atoms with Crippen molar-refractivity contribution >= 4 is 11.7 Å². The van der Waals surface area contributed by atoms with Crippen LogP contribution in [-0.2, 0) is 21.5 Å². The number of carbonyl (C=O) groups is 1. The van der Waals surface area contributed by atoms with Crippen LogP contribution in [0.3, 0.4) is 0 Å². The van der Waals surface area contributed by atoms with Crippen molar-refractivity contribution < 1.29 is 24.2 Å². The molecule has 0 bridgehead atoms. The number of aliphatic carboxylic acids is 1. The van der Waals surface area contributed by atoms with E-state index >= 15 is 0 Å². The average molecular weight is 552 g/mol. The number of carboxylic acids is 1. The maximum atomic E-state index is 11.8. The van der Waals surface area contributed by atoms with E-state index in [1.807, 2.05) is 85.8 Å². The van der Waals surface area contributed by atoms with Gasteiger partial charge in [-0.25, -0.2) is 4.79 Å². The monoisotopic (exact) mass is 551 g/mol. The van der Waals surface area contributed by atoms with Crippen molar-refractivity contribution in [3.8, 4) is 22.6 Å². The fourth-order valence-corrected chi connectivity index (χ4v) is 4.24. The van der Waals surface area contributed by atoms with Crippen LogP contribution in [0.25, 0.3) is 11.1 Å². The molecule has 212 valence electrons. The van der Waals surface area contributed by atoms with Gasteiger partial charge in [0.1, 0.15) is 18.1 Å². The van der Waals surface area contributed by atoms with E-state index in [0.29, 0.717) is 24.7 Å². The van der Waals surface area contributed by atoms with E-state index in [0.717, 1.165) is 28.0 Å². The topological polar surface area (TPSA) is 77.3 Å². The van der Waals surface area contributed by atoms with Crippen molar-refractivity contribution in [2.75, 3.05) is 13.2 Å². The molecule has 4 aromatic rings. The smallest absolute Gasteiger partial charge is 0.345 e. The van der Waals surface area contributed by atoms with Gasteiger partial charge in [0.05, 0.1) is 5.71 Å². The van der Waals surface area contributed by atoms with Crippen LogP contribution >= 0.6 is 0 Å². The number of hydrogen-bond acceptors (Lipinski definition) is 5. The van der Waals surface area contributed by atoms with Crippen molar-refractivity contribution in [1.82, 2.24) is 0 Å². The highest BCUT2D eigenvalue weighted by atomic mass is 16.6. The van der Waals surface area contributed by atoms with Crippen LogP contribution in [0.5, 0.6) is 11.5 Å². The first-order valence-corrected chi connectivity index (χ1v) is 13.7. The Kier molecular flexibility index (Phi) is 9.80. The lowest BCUT2D eigenvalue weighted by Crippen LogP contribution is -2.29. The average Bonchev–Trinajstić information content (AvgIpc) is 2.97. The minimum absolute atomic E-state index is 0.0166. The number of nitrogens with zero attached hydrogens (tertiary/aromatic N) is 1. The molecule has 0 aromatic heterocycles. The molecule has 0 spiro atoms. The van der Waals surface area contributed by atoms with Gasteiger partial charge in [-0.05, 0) is 64.4 Å². The number of rotatable bonds is 12. The summed E-state index contributed by atoms with van der Waals surface area (Å²) in [4.78, 5) is 17.3. The summed E-state index contributed by atoms with van der Waals surface area (Å²) in [6, 6.07) is 33.4. The van der Waals surface area contributed by atoms with E-state index in [1.54, 1.807) is 0 Å². The van der Waals surface area contributed by atoms with Gasteiger partial charge in [-0.3, -0.25) is 0 Å². The van der Waals surface area contributed by atoms with Crippen LogP contribution in [0.15, 0.2) is 108 Å². The Morgan fingerprint density at radius 1 is 0.780 bits per heavy atom. The summed E-state index contributed by atoms with van der Waals surface area (Å²) in [6.07, 6.45) is -0.758. The van der Waals surface area contributed by atoms with Gasteiger partial charge >= 0.3 is 5.97 Å². The van der Waals surface area contributed by atoms with Gasteiger partial charge in [0, 0.05) is 6.42 Å². The second kappa shape index (κ2) is 13.7. The molecule has 1 N–H and O–H groups in total. The first-order chi connectivity index (χ1) is 19.7. The molecule has 0 aliphatic carbocycles. The van der Waals surface area contributed by atoms with Crippen molar-refractivity contribution in [3.05, 3.63) is 120 Å². The third-order valence-corrected chi connectivity index (χ3v) is 6.67. The molecule has 0 unspecified atom stereocenters. The molecule has 0 saturated carbocycles. The molecule has 4 rings (SSSR count). The lowest BCUT2D eigenvalue weighted by molar-refractivity contribution is -0.145. The van der Waals surface area contributed by atoms with Crippen LogP contribution in [0.2, 0.25) is 0 Å². The summed E-state index contributed by atoms with van der Waals surface area (Å²) in [6.45, 7) is 8.92. The van der Waals surface area contributed by atoms with E-state index in [9.17, 15) is 9.90 Å². The molecule has 0 fully saturated rings. The fourth-order valence-electron chi connectivity index (χ4n) is 4.24. The quantitative estimate of drug-likeness (QED) is 0.112. The zero-order valence-electron chi connectivity index (χ0n) is 24.0. The Balaban J connectivity index is 1.22. The standard InChI is InChI=1S/C35H37NO5/c1-25(27-12-14-29(15-13-27)28-8-6-5-7-9-28)36-40-23-22-39-31-18-10-26(11-19-31)24-33(34(37)38)41-32-20-16-30(17-21-32)35(2,3)4/h5-21,33H,22-24H2,1-4H3,(H,37,38)/t33-/m0/s1. The molecule has 6 nitrogen and oxygen atoms in total. The van der Waals surface area contributed by atoms with Crippen LogP contribution in [0.4, 0.5) is 0 Å². The fraction of sp³-hybridized carbons (Fsp3) is 0.257. The second-order valence-electron chi connectivity index (χ2n) is 10.9. The first-order valence-electron chi connectivity index (χ1n) is 13.7. The molecule has 1 atom stereocenters. The van der Waals surface area contributed by atoms with E-state index in [-0.39, 0.29) is 11.8 Å². The molecule has 0 aliphatic rings. The van der Waals surface area contributed by atoms with Crippen molar-refractivity contribution in [2.24, 2.45) is 5.16 Å². The minimum atomic E-state index is -1.01. The lowest BCUT2D eigenvalue weighted by Gasteiger charge is -2.20. The normalized spacial score (nSPS) is 12.4. The Morgan fingerprint density at radius 2 is 1.39 bits per heavy atom. The maximum Gasteiger partial charge on any atom is 0.345 e. The van der Waals surface area contributed by atoms with Gasteiger partial charge in [0.15, 0.2) is 12.7 Å². The second-order valence-corrected chi connectivity index (χ2v) is 10.9. The Morgan fingerprint density at radius 3 is 2.00 bits per heavy atom. The molecule has 0 heterocycles. The van der Waals surface area contributed by atoms with E-state index < -0.39 is 12.1 Å². The molecule has 41 heavy (non-hydrogen) atoms. The van der Waals surface area contributed by atoms with E-state index in [4.69, 9.17) is 14.3 Å². The van der Waals surface area contributed by atoms with Crippen LogP contribution < -0.4 is 9.47 Å². The zero-order chi connectivity index (χ0) is 29.2. The molecule has 6 heteroatoms. The van der Waals surface area contributed by atoms with Crippen molar-refractivity contribution in [2.45, 2.75) is 45.6 Å². The molecule has 0 aliphatic heterocycles. The lowest BCUT2D eigenvalue weighted by atomic mass is 9.87. The van der Waals surface area contributed by atoms with Gasteiger partial charge in [-0.1, -0.05) is 105 Å². The number of ether oxygens (including phenoxy) is 2. The SMILES string of the molecule is CC(=NOCCOc1ccc(C[C@H](Oc2ccc(C(C)(C)C)cc2)C(=O)O)cc1)c1ccc(-c2ccccc2)cc1. The Hall–Kier alpha value is -4.58. The third kappa shape index (κ3) is 8.70. The Bertz CT molecular complexity index is 1420. The van der Waals surface area contributed by atoms with Crippen molar-refractivity contribution in [1.29, 1.82) is 0 Å². The van der Waals surface area contributed by atoms with E-state index in [2.05, 4.69) is 50.2 Å². The van der Waals surface area contributed by atoms with Crippen LogP contribution in [0, 0.1) is 0 Å². The van der Waals surface area contributed by atoms with E-state index in [1.165, 1.54) is 5.56 Å². The predicted octanol–water partition coefficient (Wildman–Crippen LogP) is 7.55. The van der Waals surface area contributed by atoms with Gasteiger partial charge in [0.2, 0.25) is 0 Å². The highest BCUT2D eigenvalue weighted by molar-refractivity contribution is 5.98. The zero-order valence-corrected chi connectivity index (χ0v) is 24.0. The van der Waals surface area contributed by atoms with Gasteiger partial charge in [-0.15, -0.1) is 0 Å². The minimum Gasteiger partial charge on any atom is -0.490 e. The van der Waals surface area contributed by atoms with Gasteiger partial charge < -0.3 is 19.4 Å². The molecule has 0 amide bonds. The highest BCUT2D eigenvalue weighted by Gasteiger charge is 2.21. The summed E-state index contributed by atoms with van der Waals surface area (Å²) in [5.74, 6) is 0.193. The summed E-state index contributed by atoms with van der Waals surface area (Å²) in [7, 11) is 0. The van der Waals surface area contributed by atoms with Gasteiger partial charge in [0.25, 0.3) is 0 Å².